The van der Waals surface area contributed by atoms with E-state index in [4.69, 9.17) is 30.5 Å². The third-order valence-electron chi connectivity index (χ3n) is 6.81. The van der Waals surface area contributed by atoms with E-state index in [0.29, 0.717) is 55.9 Å². The van der Waals surface area contributed by atoms with Crippen LogP contribution in [0.3, 0.4) is 0 Å². The number of carbonyl (C=O) groups excluding carboxylic acids is 1. The summed E-state index contributed by atoms with van der Waals surface area (Å²) in [6.45, 7) is 4.67. The Morgan fingerprint density at radius 2 is 1.73 bits per heavy atom. The SMILES string of the molecule is CCOc1ccc([C@H]2C(C(=O)OC)=CN=c3s/c(=C/c4cc(Cl)ccc4OCc4ccc([N+](=O)[O-])cc4)c(=O)n32)cc1OCC. The number of rotatable bonds is 11. The van der Waals surface area contributed by atoms with Crippen LogP contribution in [0.15, 0.2) is 82.2 Å². The number of fused-ring (bicyclic) bond motifs is 1. The number of hydrogen-bond acceptors (Lipinski definition) is 10. The number of halogens is 1. The number of aromatic nitrogens is 1. The third-order valence-corrected chi connectivity index (χ3v) is 8.04. The van der Waals surface area contributed by atoms with Gasteiger partial charge in [-0.15, -0.1) is 0 Å². The molecule has 0 saturated heterocycles. The van der Waals surface area contributed by atoms with Crippen LogP contribution in [0.4, 0.5) is 5.69 Å². The molecule has 1 aromatic heterocycles. The minimum absolute atomic E-state index is 0.0192. The summed E-state index contributed by atoms with van der Waals surface area (Å²) in [6.07, 6.45) is 3.07. The lowest BCUT2D eigenvalue weighted by Gasteiger charge is -2.23. The minimum atomic E-state index is -0.844. The maximum atomic E-state index is 14.0. The number of ether oxygens (including phenoxy) is 4. The summed E-state index contributed by atoms with van der Waals surface area (Å²) in [4.78, 5) is 42.2. The summed E-state index contributed by atoms with van der Waals surface area (Å²) in [5.41, 5.74) is 1.64. The molecule has 0 saturated carbocycles. The summed E-state index contributed by atoms with van der Waals surface area (Å²) in [5.74, 6) is 0.847. The highest BCUT2D eigenvalue weighted by atomic mass is 35.5. The molecule has 0 N–H and O–H groups in total. The Hall–Kier alpha value is -4.94. The van der Waals surface area contributed by atoms with Crippen LogP contribution in [-0.4, -0.2) is 35.8 Å². The van der Waals surface area contributed by atoms with Gasteiger partial charge in [0, 0.05) is 28.9 Å². The Labute approximate surface area is 266 Å². The normalized spacial score (nSPS) is 14.2. The average Bonchev–Trinajstić information content (AvgIpc) is 3.35. The van der Waals surface area contributed by atoms with Crippen molar-refractivity contribution in [2.45, 2.75) is 26.5 Å². The quantitative estimate of drug-likeness (QED) is 0.127. The number of benzene rings is 3. The van der Waals surface area contributed by atoms with Crippen LogP contribution >= 0.6 is 22.9 Å². The molecule has 13 heteroatoms. The third kappa shape index (κ3) is 6.76. The molecular weight excluding hydrogens is 622 g/mol. The van der Waals surface area contributed by atoms with E-state index in [1.807, 2.05) is 13.8 Å². The number of non-ortho nitro benzene ring substituents is 1. The lowest BCUT2D eigenvalue weighted by molar-refractivity contribution is -0.384. The van der Waals surface area contributed by atoms with Gasteiger partial charge in [-0.05, 0) is 73.5 Å². The smallest absolute Gasteiger partial charge is 0.337 e. The van der Waals surface area contributed by atoms with E-state index in [-0.39, 0.29) is 23.4 Å². The van der Waals surface area contributed by atoms with Gasteiger partial charge < -0.3 is 18.9 Å². The molecule has 0 spiro atoms. The largest absolute Gasteiger partial charge is 0.490 e. The first-order valence-electron chi connectivity index (χ1n) is 13.9. The summed E-state index contributed by atoms with van der Waals surface area (Å²) in [7, 11) is 1.27. The van der Waals surface area contributed by atoms with Crippen molar-refractivity contribution in [2.75, 3.05) is 20.3 Å². The molecule has 5 rings (SSSR count). The zero-order valence-corrected chi connectivity index (χ0v) is 26.1. The molecule has 4 aromatic rings. The number of methoxy groups -OCH3 is 1. The topological polar surface area (TPSA) is 131 Å². The van der Waals surface area contributed by atoms with Crippen molar-refractivity contribution in [1.82, 2.24) is 4.57 Å². The maximum Gasteiger partial charge on any atom is 0.337 e. The van der Waals surface area contributed by atoms with Crippen molar-refractivity contribution in [3.05, 3.63) is 124 Å². The number of hydrogen-bond donors (Lipinski definition) is 0. The highest BCUT2D eigenvalue weighted by Crippen LogP contribution is 2.35. The number of nitrogens with zero attached hydrogens (tertiary/aromatic N) is 3. The first-order chi connectivity index (χ1) is 21.7. The van der Waals surface area contributed by atoms with Crippen LogP contribution < -0.4 is 29.1 Å². The Morgan fingerprint density at radius 3 is 2.42 bits per heavy atom. The van der Waals surface area contributed by atoms with E-state index < -0.39 is 16.9 Å². The number of carbonyl (C=O) groups is 1. The second-order valence-electron chi connectivity index (χ2n) is 9.64. The van der Waals surface area contributed by atoms with Crippen LogP contribution in [0.1, 0.15) is 36.6 Å². The van der Waals surface area contributed by atoms with Crippen LogP contribution in [0.2, 0.25) is 5.02 Å². The van der Waals surface area contributed by atoms with E-state index in [1.54, 1.807) is 54.6 Å². The summed E-state index contributed by atoms with van der Waals surface area (Å²) in [6, 6.07) is 15.5. The number of nitro groups is 1. The second kappa shape index (κ2) is 13.8. The molecule has 0 fully saturated rings. The van der Waals surface area contributed by atoms with Gasteiger partial charge in [-0.25, -0.2) is 9.79 Å². The van der Waals surface area contributed by atoms with Gasteiger partial charge in [0.05, 0.1) is 41.4 Å². The predicted molar refractivity (Wildman–Crippen MR) is 169 cm³/mol. The fourth-order valence-electron chi connectivity index (χ4n) is 4.77. The molecule has 0 bridgehead atoms. The Balaban J connectivity index is 1.57. The Morgan fingerprint density at radius 1 is 1.02 bits per heavy atom. The van der Waals surface area contributed by atoms with Crippen molar-refractivity contribution in [1.29, 1.82) is 0 Å². The second-order valence-corrected chi connectivity index (χ2v) is 11.1. The Kier molecular flexibility index (Phi) is 9.65. The highest BCUT2D eigenvalue weighted by Gasteiger charge is 2.31. The highest BCUT2D eigenvalue weighted by molar-refractivity contribution is 7.07. The first-order valence-corrected chi connectivity index (χ1v) is 15.1. The van der Waals surface area contributed by atoms with Crippen LogP contribution in [0, 0.1) is 10.1 Å². The number of esters is 1. The van der Waals surface area contributed by atoms with E-state index in [9.17, 15) is 19.7 Å². The van der Waals surface area contributed by atoms with Crippen LogP contribution in [0.5, 0.6) is 17.2 Å². The van der Waals surface area contributed by atoms with E-state index in [1.165, 1.54) is 30.0 Å². The molecule has 0 amide bonds. The fourth-order valence-corrected chi connectivity index (χ4v) is 5.91. The molecule has 45 heavy (non-hydrogen) atoms. The molecule has 1 aliphatic rings. The van der Waals surface area contributed by atoms with E-state index in [0.717, 1.165) is 16.9 Å². The van der Waals surface area contributed by atoms with Gasteiger partial charge >= 0.3 is 5.97 Å². The zero-order chi connectivity index (χ0) is 32.1. The average molecular weight is 650 g/mol. The number of thiazole rings is 1. The van der Waals surface area contributed by atoms with Gasteiger partial charge in [-0.2, -0.15) is 0 Å². The molecule has 1 aliphatic heterocycles. The molecule has 3 aromatic carbocycles. The van der Waals surface area contributed by atoms with Crippen molar-refractivity contribution in [3.8, 4) is 17.2 Å². The maximum absolute atomic E-state index is 14.0. The molecular formula is C32H28ClN3O8S. The molecule has 0 aliphatic carbocycles. The summed E-state index contributed by atoms with van der Waals surface area (Å²) < 4.78 is 24.4. The molecule has 232 valence electrons. The predicted octanol–water partition coefficient (Wildman–Crippen LogP) is 4.96. The van der Waals surface area contributed by atoms with Crippen LogP contribution in [-0.2, 0) is 16.1 Å². The van der Waals surface area contributed by atoms with Gasteiger partial charge in [-0.3, -0.25) is 19.5 Å². The van der Waals surface area contributed by atoms with Gasteiger partial charge in [-0.1, -0.05) is 29.0 Å². The molecule has 0 radical (unpaired) electrons. The van der Waals surface area contributed by atoms with Gasteiger partial charge in [0.15, 0.2) is 16.3 Å². The summed E-state index contributed by atoms with van der Waals surface area (Å²) in [5, 5.41) is 11.4. The lowest BCUT2D eigenvalue weighted by atomic mass is 9.97. The fraction of sp³-hybridized carbons (Fsp3) is 0.219. The monoisotopic (exact) mass is 649 g/mol. The van der Waals surface area contributed by atoms with Crippen molar-refractivity contribution in [2.24, 2.45) is 4.99 Å². The van der Waals surface area contributed by atoms with E-state index in [2.05, 4.69) is 4.99 Å². The standard InChI is InChI=1S/C32H28ClN3O8S/c1-4-42-26-12-8-20(15-27(26)43-5-2)29-24(31(38)41-3)17-34-32-35(29)30(37)28(45-32)16-21-14-22(33)9-13-25(21)44-18-19-6-10-23(11-7-19)36(39)40/h6-17,29H,4-5,18H2,1-3H3/b28-16+/t29-/m0/s1. The molecule has 1 atom stereocenters. The zero-order valence-electron chi connectivity index (χ0n) is 24.5. The van der Waals surface area contributed by atoms with Gasteiger partial charge in [0.1, 0.15) is 12.4 Å². The Bertz CT molecular complexity index is 1970. The lowest BCUT2D eigenvalue weighted by Crippen LogP contribution is -2.39. The molecule has 0 unspecified atom stereocenters. The number of nitro benzene ring substituents is 1. The van der Waals surface area contributed by atoms with Crippen molar-refractivity contribution >= 4 is 40.7 Å². The van der Waals surface area contributed by atoms with Crippen molar-refractivity contribution in [3.63, 3.8) is 0 Å². The van der Waals surface area contributed by atoms with Crippen LogP contribution in [0.25, 0.3) is 6.08 Å². The van der Waals surface area contributed by atoms with E-state index >= 15 is 0 Å². The molecule has 2 heterocycles. The summed E-state index contributed by atoms with van der Waals surface area (Å²) >= 11 is 7.47. The van der Waals surface area contributed by atoms with Gasteiger partial charge in [0.2, 0.25) is 0 Å². The minimum Gasteiger partial charge on any atom is -0.490 e. The van der Waals surface area contributed by atoms with Crippen molar-refractivity contribution < 1.29 is 28.7 Å². The first kappa shape index (κ1) is 31.5. The van der Waals surface area contributed by atoms with Gasteiger partial charge in [0.25, 0.3) is 11.2 Å². The molecule has 11 nitrogen and oxygen atoms in total.